The monoisotopic (exact) mass is 198 g/mol. The summed E-state index contributed by atoms with van der Waals surface area (Å²) in [5.74, 6) is -1.43. The van der Waals surface area contributed by atoms with E-state index in [0.29, 0.717) is 18.0 Å². The molecule has 0 unspecified atom stereocenters. The van der Waals surface area contributed by atoms with Crippen molar-refractivity contribution in [2.75, 3.05) is 7.05 Å². The number of nitrogens with one attached hydrogen (secondary N) is 1. The number of rotatable bonds is 2. The Balaban J connectivity index is 2.54. The van der Waals surface area contributed by atoms with E-state index in [-0.39, 0.29) is 5.58 Å². The van der Waals surface area contributed by atoms with Crippen molar-refractivity contribution in [3.8, 4) is 0 Å². The van der Waals surface area contributed by atoms with Gasteiger partial charge in [0.15, 0.2) is 17.2 Å². The van der Waals surface area contributed by atoms with Crippen LogP contribution in [0.5, 0.6) is 0 Å². The van der Waals surface area contributed by atoms with Crippen LogP contribution in [0.2, 0.25) is 0 Å². The SMILES string of the molecule is CNCc1nc2cc(F)c(F)cc2o1. The van der Waals surface area contributed by atoms with Crippen molar-refractivity contribution in [2.24, 2.45) is 0 Å². The Labute approximate surface area is 78.7 Å². The third kappa shape index (κ3) is 1.46. The second-order valence-electron chi connectivity index (χ2n) is 2.87. The molecule has 0 aliphatic heterocycles. The number of aromatic nitrogens is 1. The molecule has 0 saturated heterocycles. The molecule has 0 aliphatic carbocycles. The zero-order valence-electron chi connectivity index (χ0n) is 7.47. The number of oxazole rings is 1. The van der Waals surface area contributed by atoms with E-state index in [1.54, 1.807) is 7.05 Å². The summed E-state index contributed by atoms with van der Waals surface area (Å²) < 4.78 is 30.7. The van der Waals surface area contributed by atoms with Crippen molar-refractivity contribution in [3.05, 3.63) is 29.7 Å². The fourth-order valence-corrected chi connectivity index (χ4v) is 1.20. The molecule has 2 aromatic rings. The molecular formula is C9H8F2N2O. The molecule has 0 radical (unpaired) electrons. The molecule has 0 aliphatic rings. The maximum Gasteiger partial charge on any atom is 0.209 e. The number of benzene rings is 1. The van der Waals surface area contributed by atoms with Gasteiger partial charge in [0.1, 0.15) is 5.52 Å². The minimum Gasteiger partial charge on any atom is -0.439 e. The lowest BCUT2D eigenvalue weighted by Gasteiger charge is -1.89. The molecule has 0 saturated carbocycles. The molecule has 0 bridgehead atoms. The second kappa shape index (κ2) is 3.34. The van der Waals surface area contributed by atoms with Crippen LogP contribution in [0, 0.1) is 11.6 Å². The van der Waals surface area contributed by atoms with E-state index in [1.807, 2.05) is 0 Å². The molecular weight excluding hydrogens is 190 g/mol. The molecule has 1 aromatic heterocycles. The summed E-state index contributed by atoms with van der Waals surface area (Å²) in [5, 5.41) is 2.83. The highest BCUT2D eigenvalue weighted by molar-refractivity contribution is 5.72. The van der Waals surface area contributed by atoms with E-state index in [2.05, 4.69) is 10.3 Å². The molecule has 14 heavy (non-hydrogen) atoms. The zero-order chi connectivity index (χ0) is 10.1. The predicted molar refractivity (Wildman–Crippen MR) is 46.7 cm³/mol. The van der Waals surface area contributed by atoms with Crippen LogP contribution >= 0.6 is 0 Å². The molecule has 1 heterocycles. The third-order valence-corrected chi connectivity index (χ3v) is 1.80. The van der Waals surface area contributed by atoms with Gasteiger partial charge in [-0.1, -0.05) is 0 Å². The van der Waals surface area contributed by atoms with Crippen molar-refractivity contribution < 1.29 is 13.2 Å². The molecule has 1 N–H and O–H groups in total. The lowest BCUT2D eigenvalue weighted by molar-refractivity contribution is 0.496. The number of hydrogen-bond acceptors (Lipinski definition) is 3. The first-order valence-electron chi connectivity index (χ1n) is 4.10. The van der Waals surface area contributed by atoms with Crippen LogP contribution in [-0.2, 0) is 6.54 Å². The first-order chi connectivity index (χ1) is 6.70. The highest BCUT2D eigenvalue weighted by Gasteiger charge is 2.09. The van der Waals surface area contributed by atoms with Gasteiger partial charge in [-0.3, -0.25) is 0 Å². The number of halogens is 2. The molecule has 5 heteroatoms. The van der Waals surface area contributed by atoms with Gasteiger partial charge in [0.2, 0.25) is 5.89 Å². The maximum atomic E-state index is 12.8. The number of hydrogen-bond donors (Lipinski definition) is 1. The van der Waals surface area contributed by atoms with Crippen LogP contribution in [0.15, 0.2) is 16.5 Å². The molecule has 3 nitrogen and oxygen atoms in total. The van der Waals surface area contributed by atoms with Gasteiger partial charge in [-0.15, -0.1) is 0 Å². The minimum atomic E-state index is -0.926. The third-order valence-electron chi connectivity index (χ3n) is 1.80. The van der Waals surface area contributed by atoms with E-state index in [0.717, 1.165) is 12.1 Å². The van der Waals surface area contributed by atoms with Crippen molar-refractivity contribution in [1.82, 2.24) is 10.3 Å². The van der Waals surface area contributed by atoms with Gasteiger partial charge in [-0.2, -0.15) is 0 Å². The highest BCUT2D eigenvalue weighted by Crippen LogP contribution is 2.19. The maximum absolute atomic E-state index is 12.8. The summed E-state index contributed by atoms with van der Waals surface area (Å²) in [5.41, 5.74) is 0.586. The first kappa shape index (κ1) is 9.08. The van der Waals surface area contributed by atoms with Gasteiger partial charge >= 0.3 is 0 Å². The van der Waals surface area contributed by atoms with Gasteiger partial charge in [-0.25, -0.2) is 13.8 Å². The summed E-state index contributed by atoms with van der Waals surface area (Å²) in [6.07, 6.45) is 0. The smallest absolute Gasteiger partial charge is 0.209 e. The topological polar surface area (TPSA) is 38.1 Å². The average molecular weight is 198 g/mol. The molecule has 0 fully saturated rings. The first-order valence-corrected chi connectivity index (χ1v) is 4.10. The zero-order valence-corrected chi connectivity index (χ0v) is 7.47. The summed E-state index contributed by atoms with van der Waals surface area (Å²) in [6, 6.07) is 2.02. The molecule has 0 amide bonds. The van der Waals surface area contributed by atoms with E-state index in [4.69, 9.17) is 4.42 Å². The van der Waals surface area contributed by atoms with Crippen molar-refractivity contribution in [3.63, 3.8) is 0 Å². The summed E-state index contributed by atoms with van der Waals surface area (Å²) in [4.78, 5) is 3.97. The molecule has 1 aromatic carbocycles. The Morgan fingerprint density at radius 3 is 2.79 bits per heavy atom. The lowest BCUT2D eigenvalue weighted by Crippen LogP contribution is -2.04. The Kier molecular flexibility index (Phi) is 2.17. The largest absolute Gasteiger partial charge is 0.439 e. The van der Waals surface area contributed by atoms with Gasteiger partial charge in [-0.05, 0) is 7.05 Å². The lowest BCUT2D eigenvalue weighted by atomic mass is 10.3. The van der Waals surface area contributed by atoms with Gasteiger partial charge < -0.3 is 9.73 Å². The predicted octanol–water partition coefficient (Wildman–Crippen LogP) is 1.83. The fraction of sp³-hybridized carbons (Fsp3) is 0.222. The van der Waals surface area contributed by atoms with Crippen LogP contribution in [0.25, 0.3) is 11.1 Å². The van der Waals surface area contributed by atoms with Crippen molar-refractivity contribution in [2.45, 2.75) is 6.54 Å². The van der Waals surface area contributed by atoms with Crippen LogP contribution < -0.4 is 5.32 Å². The molecule has 0 spiro atoms. The van der Waals surface area contributed by atoms with E-state index >= 15 is 0 Å². The van der Waals surface area contributed by atoms with Crippen LogP contribution in [-0.4, -0.2) is 12.0 Å². The Morgan fingerprint density at radius 2 is 2.07 bits per heavy atom. The number of nitrogens with zero attached hydrogens (tertiary/aromatic N) is 1. The Morgan fingerprint density at radius 1 is 1.36 bits per heavy atom. The number of fused-ring (bicyclic) bond motifs is 1. The average Bonchev–Trinajstić information content (AvgIpc) is 2.48. The van der Waals surface area contributed by atoms with E-state index in [9.17, 15) is 8.78 Å². The van der Waals surface area contributed by atoms with Gasteiger partial charge in [0.25, 0.3) is 0 Å². The van der Waals surface area contributed by atoms with Crippen molar-refractivity contribution >= 4 is 11.1 Å². The summed E-state index contributed by atoms with van der Waals surface area (Å²) >= 11 is 0. The molecule has 74 valence electrons. The standard InChI is InChI=1S/C9H8F2N2O/c1-12-4-9-13-7-2-5(10)6(11)3-8(7)14-9/h2-3,12H,4H2,1H3. The van der Waals surface area contributed by atoms with Gasteiger partial charge in [0, 0.05) is 12.1 Å². The van der Waals surface area contributed by atoms with Crippen LogP contribution in [0.3, 0.4) is 0 Å². The Bertz CT molecular complexity index is 428. The van der Waals surface area contributed by atoms with Crippen LogP contribution in [0.4, 0.5) is 8.78 Å². The fourth-order valence-electron chi connectivity index (χ4n) is 1.20. The second-order valence-corrected chi connectivity index (χ2v) is 2.87. The van der Waals surface area contributed by atoms with E-state index in [1.165, 1.54) is 0 Å². The minimum absolute atomic E-state index is 0.258. The highest BCUT2D eigenvalue weighted by atomic mass is 19.2. The van der Waals surface area contributed by atoms with Gasteiger partial charge in [0.05, 0.1) is 6.54 Å². The summed E-state index contributed by atoms with van der Waals surface area (Å²) in [6.45, 7) is 0.428. The normalized spacial score (nSPS) is 11.1. The van der Waals surface area contributed by atoms with E-state index < -0.39 is 11.6 Å². The Hall–Kier alpha value is -1.49. The summed E-state index contributed by atoms with van der Waals surface area (Å²) in [7, 11) is 1.73. The molecule has 2 rings (SSSR count). The quantitative estimate of drug-likeness (QED) is 0.799. The molecule has 0 atom stereocenters. The van der Waals surface area contributed by atoms with Crippen LogP contribution in [0.1, 0.15) is 5.89 Å². The van der Waals surface area contributed by atoms with Crippen molar-refractivity contribution in [1.29, 1.82) is 0 Å².